The summed E-state index contributed by atoms with van der Waals surface area (Å²) < 4.78 is 0. The zero-order chi connectivity index (χ0) is 17.8. The zero-order valence-corrected chi connectivity index (χ0v) is 14.9. The van der Waals surface area contributed by atoms with Crippen molar-refractivity contribution in [2.24, 2.45) is 0 Å². The number of anilines is 1. The molecule has 5 nitrogen and oxygen atoms in total. The van der Waals surface area contributed by atoms with Crippen LogP contribution in [0.4, 0.5) is 5.13 Å². The van der Waals surface area contributed by atoms with Gasteiger partial charge in [0, 0.05) is 16.1 Å². The molecule has 126 valence electrons. The van der Waals surface area contributed by atoms with Crippen LogP contribution in [0, 0.1) is 0 Å². The lowest BCUT2D eigenvalue weighted by atomic mass is 9.98. The second-order valence-corrected chi connectivity index (χ2v) is 6.69. The van der Waals surface area contributed by atoms with Crippen LogP contribution in [-0.4, -0.2) is 21.9 Å². The van der Waals surface area contributed by atoms with E-state index in [1.807, 2.05) is 6.92 Å². The molecule has 0 fully saturated rings. The van der Waals surface area contributed by atoms with Gasteiger partial charge in [0.1, 0.15) is 5.01 Å². The second kappa shape index (κ2) is 7.55. The first-order valence-electron chi connectivity index (χ1n) is 7.61. The van der Waals surface area contributed by atoms with Gasteiger partial charge in [-0.15, -0.1) is 10.2 Å². The third kappa shape index (κ3) is 3.92. The van der Waals surface area contributed by atoms with Crippen molar-refractivity contribution >= 4 is 39.8 Å². The summed E-state index contributed by atoms with van der Waals surface area (Å²) in [6, 6.07) is 13.2. The van der Waals surface area contributed by atoms with E-state index in [-0.39, 0.29) is 11.3 Å². The Kier molecular flexibility index (Phi) is 5.21. The van der Waals surface area contributed by atoms with Crippen LogP contribution in [0.1, 0.15) is 38.2 Å². The fourth-order valence-corrected chi connectivity index (χ4v) is 3.05. The maximum absolute atomic E-state index is 12.7. The third-order valence-electron chi connectivity index (χ3n) is 3.51. The molecule has 2 aromatic carbocycles. The number of hydrogen-bond acceptors (Lipinski definition) is 5. The van der Waals surface area contributed by atoms with E-state index < -0.39 is 5.91 Å². The van der Waals surface area contributed by atoms with Gasteiger partial charge >= 0.3 is 0 Å². The highest BCUT2D eigenvalue weighted by Gasteiger charge is 2.19. The first kappa shape index (κ1) is 17.3. The second-order valence-electron chi connectivity index (χ2n) is 5.19. The SMILES string of the molecule is CCc1nnc(NC(=O)c2ccccc2C(=O)c2ccc(Cl)cc2)s1. The van der Waals surface area contributed by atoms with Crippen molar-refractivity contribution < 1.29 is 9.59 Å². The number of nitrogens with zero attached hydrogens (tertiary/aromatic N) is 2. The summed E-state index contributed by atoms with van der Waals surface area (Å²) in [6.45, 7) is 1.96. The van der Waals surface area contributed by atoms with E-state index in [1.54, 1.807) is 48.5 Å². The van der Waals surface area contributed by atoms with Crippen molar-refractivity contribution in [1.29, 1.82) is 0 Å². The summed E-state index contributed by atoms with van der Waals surface area (Å²) >= 11 is 7.18. The highest BCUT2D eigenvalue weighted by molar-refractivity contribution is 7.15. The Hall–Kier alpha value is -2.57. The van der Waals surface area contributed by atoms with Gasteiger partial charge in [0.25, 0.3) is 5.91 Å². The Morgan fingerprint density at radius 3 is 2.36 bits per heavy atom. The summed E-state index contributed by atoms with van der Waals surface area (Å²) in [5, 5.41) is 12.4. The van der Waals surface area contributed by atoms with Crippen LogP contribution in [0.25, 0.3) is 0 Å². The van der Waals surface area contributed by atoms with Gasteiger partial charge < -0.3 is 0 Å². The van der Waals surface area contributed by atoms with Crippen molar-refractivity contribution in [2.45, 2.75) is 13.3 Å². The normalized spacial score (nSPS) is 10.5. The van der Waals surface area contributed by atoms with Crippen molar-refractivity contribution in [3.63, 3.8) is 0 Å². The molecule has 1 amide bonds. The minimum Gasteiger partial charge on any atom is -0.296 e. The number of carbonyl (C=O) groups is 2. The van der Waals surface area contributed by atoms with Gasteiger partial charge in [-0.25, -0.2) is 0 Å². The molecule has 1 heterocycles. The first-order chi connectivity index (χ1) is 12.1. The largest absolute Gasteiger partial charge is 0.296 e. The number of rotatable bonds is 5. The van der Waals surface area contributed by atoms with E-state index in [0.29, 0.717) is 21.3 Å². The molecule has 0 unspecified atom stereocenters. The molecule has 7 heteroatoms. The van der Waals surface area contributed by atoms with Crippen LogP contribution in [-0.2, 0) is 6.42 Å². The van der Waals surface area contributed by atoms with Crippen LogP contribution < -0.4 is 5.32 Å². The average Bonchev–Trinajstić information content (AvgIpc) is 3.09. The van der Waals surface area contributed by atoms with Crippen LogP contribution in [0.3, 0.4) is 0 Å². The molecule has 1 N–H and O–H groups in total. The Morgan fingerprint density at radius 2 is 1.72 bits per heavy atom. The topological polar surface area (TPSA) is 72.0 Å². The Bertz CT molecular complexity index is 922. The maximum Gasteiger partial charge on any atom is 0.258 e. The lowest BCUT2D eigenvalue weighted by Gasteiger charge is -2.08. The minimum absolute atomic E-state index is 0.242. The van der Waals surface area contributed by atoms with Gasteiger partial charge in [0.2, 0.25) is 5.13 Å². The molecule has 1 aromatic heterocycles. The summed E-state index contributed by atoms with van der Waals surface area (Å²) in [5.41, 5.74) is 1.08. The van der Waals surface area contributed by atoms with E-state index in [0.717, 1.165) is 11.4 Å². The number of amides is 1. The van der Waals surface area contributed by atoms with E-state index in [4.69, 9.17) is 11.6 Å². The molecular formula is C18H14ClN3O2S. The predicted molar refractivity (Wildman–Crippen MR) is 98.6 cm³/mol. The highest BCUT2D eigenvalue weighted by atomic mass is 35.5. The van der Waals surface area contributed by atoms with E-state index in [2.05, 4.69) is 15.5 Å². The van der Waals surface area contributed by atoms with Gasteiger partial charge in [-0.1, -0.05) is 48.1 Å². The molecule has 0 saturated carbocycles. The molecule has 0 atom stereocenters. The third-order valence-corrected chi connectivity index (χ3v) is 4.75. The lowest BCUT2D eigenvalue weighted by molar-refractivity contribution is 0.0996. The summed E-state index contributed by atoms with van der Waals surface area (Å²) in [4.78, 5) is 25.3. The van der Waals surface area contributed by atoms with E-state index in [9.17, 15) is 9.59 Å². The number of aryl methyl sites for hydroxylation is 1. The van der Waals surface area contributed by atoms with Crippen molar-refractivity contribution in [3.8, 4) is 0 Å². The molecular weight excluding hydrogens is 358 g/mol. The molecule has 3 rings (SSSR count). The molecule has 0 spiro atoms. The quantitative estimate of drug-likeness (QED) is 0.681. The number of aromatic nitrogens is 2. The molecule has 0 radical (unpaired) electrons. The number of nitrogens with one attached hydrogen (secondary N) is 1. The fraction of sp³-hybridized carbons (Fsp3) is 0.111. The van der Waals surface area contributed by atoms with Gasteiger partial charge in [-0.3, -0.25) is 14.9 Å². The van der Waals surface area contributed by atoms with Gasteiger partial charge in [0.05, 0.1) is 5.56 Å². The molecule has 0 bridgehead atoms. The predicted octanol–water partition coefficient (Wildman–Crippen LogP) is 4.24. The summed E-state index contributed by atoms with van der Waals surface area (Å²) in [5.74, 6) is -0.634. The van der Waals surface area contributed by atoms with Gasteiger partial charge in [-0.2, -0.15) is 0 Å². The van der Waals surface area contributed by atoms with Crippen LogP contribution in [0.2, 0.25) is 5.02 Å². The highest BCUT2D eigenvalue weighted by Crippen LogP contribution is 2.20. The minimum atomic E-state index is -0.392. The van der Waals surface area contributed by atoms with E-state index in [1.165, 1.54) is 11.3 Å². The number of halogens is 1. The molecule has 25 heavy (non-hydrogen) atoms. The Morgan fingerprint density at radius 1 is 1.04 bits per heavy atom. The van der Waals surface area contributed by atoms with Gasteiger partial charge in [-0.05, 0) is 36.8 Å². The lowest BCUT2D eigenvalue weighted by Crippen LogP contribution is -2.16. The van der Waals surface area contributed by atoms with Crippen LogP contribution >= 0.6 is 22.9 Å². The molecule has 3 aromatic rings. The molecule has 0 aliphatic carbocycles. The van der Waals surface area contributed by atoms with Crippen molar-refractivity contribution in [1.82, 2.24) is 10.2 Å². The fourth-order valence-electron chi connectivity index (χ4n) is 2.25. The molecule has 0 aliphatic heterocycles. The van der Waals surface area contributed by atoms with Crippen molar-refractivity contribution in [2.75, 3.05) is 5.32 Å². The van der Waals surface area contributed by atoms with Gasteiger partial charge in [0.15, 0.2) is 5.78 Å². The van der Waals surface area contributed by atoms with E-state index >= 15 is 0 Å². The smallest absolute Gasteiger partial charge is 0.258 e. The Labute approximate surface area is 153 Å². The summed E-state index contributed by atoms with van der Waals surface area (Å²) in [7, 11) is 0. The standard InChI is InChI=1S/C18H14ClN3O2S/c1-2-15-21-22-18(25-15)20-17(24)14-6-4-3-5-13(14)16(23)11-7-9-12(19)10-8-11/h3-10H,2H2,1H3,(H,20,22,24). The molecule has 0 saturated heterocycles. The first-order valence-corrected chi connectivity index (χ1v) is 8.81. The Balaban J connectivity index is 1.88. The number of hydrogen-bond donors (Lipinski definition) is 1. The maximum atomic E-state index is 12.7. The average molecular weight is 372 g/mol. The zero-order valence-electron chi connectivity index (χ0n) is 13.3. The number of carbonyl (C=O) groups excluding carboxylic acids is 2. The number of benzene rings is 2. The monoisotopic (exact) mass is 371 g/mol. The van der Waals surface area contributed by atoms with Crippen LogP contribution in [0.5, 0.6) is 0 Å². The summed E-state index contributed by atoms with van der Waals surface area (Å²) in [6.07, 6.45) is 0.749. The van der Waals surface area contributed by atoms with Crippen LogP contribution in [0.15, 0.2) is 48.5 Å². The number of ketones is 1. The molecule has 0 aliphatic rings. The van der Waals surface area contributed by atoms with Crippen molar-refractivity contribution in [3.05, 3.63) is 75.3 Å².